The van der Waals surface area contributed by atoms with Crippen molar-refractivity contribution in [1.82, 2.24) is 9.80 Å². The molecule has 10 heteroatoms. The molecule has 10 nitrogen and oxygen atoms in total. The zero-order valence-electron chi connectivity index (χ0n) is 26.4. The minimum atomic E-state index is -0.726. The summed E-state index contributed by atoms with van der Waals surface area (Å²) in [6, 6.07) is 20.4. The van der Waals surface area contributed by atoms with E-state index < -0.39 is 16.6 Å². The predicted octanol–water partition coefficient (Wildman–Crippen LogP) is 7.60. The molecule has 0 aliphatic carbocycles. The van der Waals surface area contributed by atoms with Gasteiger partial charge in [0.25, 0.3) is 5.69 Å². The molecule has 3 amide bonds. The third-order valence-electron chi connectivity index (χ3n) is 6.42. The molecule has 1 N–H and O–H groups in total. The van der Waals surface area contributed by atoms with Gasteiger partial charge in [-0.05, 0) is 77.0 Å². The number of aryl methyl sites for hydroxylation is 1. The van der Waals surface area contributed by atoms with Crippen molar-refractivity contribution in [2.75, 3.05) is 37.4 Å². The monoisotopic (exact) mass is 589 g/mol. The van der Waals surface area contributed by atoms with E-state index in [1.54, 1.807) is 49.9 Å². The van der Waals surface area contributed by atoms with Gasteiger partial charge in [0, 0.05) is 31.8 Å². The highest BCUT2D eigenvalue weighted by Crippen LogP contribution is 2.35. The summed E-state index contributed by atoms with van der Waals surface area (Å²) in [5.74, 6) is 0. The molecule has 0 saturated heterocycles. The van der Waals surface area contributed by atoms with E-state index in [4.69, 9.17) is 4.74 Å². The number of non-ortho nitro benzene ring substituents is 1. The molecule has 0 aliphatic heterocycles. The average molecular weight is 590 g/mol. The minimum Gasteiger partial charge on any atom is -0.444 e. The molecule has 0 unspecified atom stereocenters. The number of hydrogen-bond donors (Lipinski definition) is 1. The summed E-state index contributed by atoms with van der Waals surface area (Å²) in [5.41, 5.74) is 2.13. The van der Waals surface area contributed by atoms with Crippen LogP contribution in [0, 0.1) is 22.5 Å². The molecule has 0 aliphatic rings. The summed E-state index contributed by atoms with van der Waals surface area (Å²) < 4.78 is 5.48. The molecular formula is C33H43N5O5. The Hall–Kier alpha value is -4.44. The molecule has 0 radical (unpaired) electrons. The molecule has 43 heavy (non-hydrogen) atoms. The second kappa shape index (κ2) is 13.7. The van der Waals surface area contributed by atoms with E-state index in [0.29, 0.717) is 30.2 Å². The van der Waals surface area contributed by atoms with Crippen molar-refractivity contribution in [1.29, 1.82) is 0 Å². The number of amides is 3. The number of nitro benzene ring substituents is 1. The standard InChI is InChI=1S/C33H43N5O5/c1-24-13-15-25(16-14-24)21-36(23-33(5,6)22-35(7)8)31(40)37(26-17-19-27(20-18-26)38(41)42)29-12-10-9-11-28(29)34-30(39)43-32(2,3)4/h9-20H,21-23H2,1-8H3,(H,34,39). The fourth-order valence-corrected chi connectivity index (χ4v) is 4.93. The Morgan fingerprint density at radius 3 is 2.05 bits per heavy atom. The van der Waals surface area contributed by atoms with Crippen molar-refractivity contribution in [2.24, 2.45) is 5.41 Å². The summed E-state index contributed by atoms with van der Waals surface area (Å²) in [5, 5.41) is 14.2. The number of urea groups is 1. The fourth-order valence-electron chi connectivity index (χ4n) is 4.93. The zero-order chi connectivity index (χ0) is 31.9. The predicted molar refractivity (Wildman–Crippen MR) is 171 cm³/mol. The summed E-state index contributed by atoms with van der Waals surface area (Å²) in [6.07, 6.45) is -0.667. The number of anilines is 3. The first-order valence-electron chi connectivity index (χ1n) is 14.2. The molecule has 0 atom stereocenters. The summed E-state index contributed by atoms with van der Waals surface area (Å²) >= 11 is 0. The Kier molecular flexibility index (Phi) is 10.5. The molecule has 0 bridgehead atoms. The van der Waals surface area contributed by atoms with Crippen LogP contribution in [-0.4, -0.2) is 59.6 Å². The summed E-state index contributed by atoms with van der Waals surface area (Å²) in [4.78, 5) is 43.8. The molecule has 0 spiro atoms. The lowest BCUT2D eigenvalue weighted by atomic mass is 9.92. The Balaban J connectivity index is 2.14. The topological polar surface area (TPSA) is 108 Å². The SMILES string of the molecule is Cc1ccc(CN(CC(C)(C)CN(C)C)C(=O)N(c2ccc([N+](=O)[O-])cc2)c2ccccc2NC(=O)OC(C)(C)C)cc1. The maximum Gasteiger partial charge on any atom is 0.412 e. The van der Waals surface area contributed by atoms with Crippen LogP contribution in [0.4, 0.5) is 32.3 Å². The van der Waals surface area contributed by atoms with Gasteiger partial charge in [-0.15, -0.1) is 0 Å². The van der Waals surface area contributed by atoms with Crippen molar-refractivity contribution in [3.05, 3.63) is 94.0 Å². The van der Waals surface area contributed by atoms with Gasteiger partial charge in [0.05, 0.1) is 22.0 Å². The lowest BCUT2D eigenvalue weighted by Crippen LogP contribution is -2.47. The maximum absolute atomic E-state index is 14.7. The first-order valence-corrected chi connectivity index (χ1v) is 14.2. The zero-order valence-corrected chi connectivity index (χ0v) is 26.4. The average Bonchev–Trinajstić information content (AvgIpc) is 2.89. The molecule has 0 fully saturated rings. The third kappa shape index (κ3) is 9.82. The van der Waals surface area contributed by atoms with Crippen molar-refractivity contribution >= 4 is 34.9 Å². The number of benzene rings is 3. The van der Waals surface area contributed by atoms with Gasteiger partial charge in [-0.1, -0.05) is 55.8 Å². The molecule has 230 valence electrons. The molecule has 0 saturated carbocycles. The van der Waals surface area contributed by atoms with E-state index in [9.17, 15) is 19.7 Å². The fraction of sp³-hybridized carbons (Fsp3) is 0.394. The van der Waals surface area contributed by atoms with Crippen LogP contribution < -0.4 is 10.2 Å². The number of rotatable bonds is 10. The quantitative estimate of drug-likeness (QED) is 0.193. The molecule has 3 aromatic rings. The number of nitrogens with one attached hydrogen (secondary N) is 1. The molecule has 3 aromatic carbocycles. The maximum atomic E-state index is 14.7. The van der Waals surface area contributed by atoms with E-state index in [-0.39, 0.29) is 17.1 Å². The molecule has 0 heterocycles. The van der Waals surface area contributed by atoms with Gasteiger partial charge in [0.1, 0.15) is 5.60 Å². The summed E-state index contributed by atoms with van der Waals surface area (Å²) in [6.45, 7) is 13.0. The number of carbonyl (C=O) groups excluding carboxylic acids is 2. The molecule has 3 rings (SSSR count). The van der Waals surface area contributed by atoms with Crippen LogP contribution in [0.25, 0.3) is 0 Å². The highest BCUT2D eigenvalue weighted by molar-refractivity contribution is 6.04. The van der Waals surface area contributed by atoms with Crippen molar-refractivity contribution < 1.29 is 19.2 Å². The first kappa shape index (κ1) is 33.1. The Morgan fingerprint density at radius 2 is 1.49 bits per heavy atom. The second-order valence-corrected chi connectivity index (χ2v) is 12.8. The number of nitro groups is 1. The van der Waals surface area contributed by atoms with Gasteiger partial charge in [-0.25, -0.2) is 9.59 Å². The van der Waals surface area contributed by atoms with E-state index >= 15 is 0 Å². The van der Waals surface area contributed by atoms with Gasteiger partial charge in [0.15, 0.2) is 0 Å². The number of para-hydroxylation sites is 2. The lowest BCUT2D eigenvalue weighted by Gasteiger charge is -2.38. The summed E-state index contributed by atoms with van der Waals surface area (Å²) in [7, 11) is 3.99. The van der Waals surface area contributed by atoms with Crippen LogP contribution in [0.15, 0.2) is 72.8 Å². The van der Waals surface area contributed by atoms with E-state index in [0.717, 1.165) is 17.7 Å². The van der Waals surface area contributed by atoms with Gasteiger partial charge < -0.3 is 14.5 Å². The van der Waals surface area contributed by atoms with Gasteiger partial charge >= 0.3 is 12.1 Å². The number of ether oxygens (including phenoxy) is 1. The first-order chi connectivity index (χ1) is 20.0. The van der Waals surface area contributed by atoms with Crippen LogP contribution >= 0.6 is 0 Å². The van der Waals surface area contributed by atoms with Gasteiger partial charge in [-0.3, -0.25) is 20.3 Å². The Bertz CT molecular complexity index is 1410. The Labute approximate surface area is 254 Å². The van der Waals surface area contributed by atoms with E-state index in [1.807, 2.05) is 45.3 Å². The highest BCUT2D eigenvalue weighted by Gasteiger charge is 2.32. The number of carbonyl (C=O) groups is 2. The highest BCUT2D eigenvalue weighted by atomic mass is 16.6. The van der Waals surface area contributed by atoms with E-state index in [1.165, 1.54) is 29.2 Å². The van der Waals surface area contributed by atoms with Crippen molar-refractivity contribution in [3.63, 3.8) is 0 Å². The molecule has 0 aromatic heterocycles. The lowest BCUT2D eigenvalue weighted by molar-refractivity contribution is -0.384. The minimum absolute atomic E-state index is 0.0973. The second-order valence-electron chi connectivity index (χ2n) is 12.8. The van der Waals surface area contributed by atoms with Crippen LogP contribution in [0.3, 0.4) is 0 Å². The van der Waals surface area contributed by atoms with Crippen molar-refractivity contribution in [2.45, 2.75) is 53.7 Å². The normalized spacial score (nSPS) is 11.7. The van der Waals surface area contributed by atoms with Crippen LogP contribution in [-0.2, 0) is 11.3 Å². The third-order valence-corrected chi connectivity index (χ3v) is 6.42. The number of hydrogen-bond acceptors (Lipinski definition) is 6. The largest absolute Gasteiger partial charge is 0.444 e. The molecular weight excluding hydrogens is 546 g/mol. The van der Waals surface area contributed by atoms with E-state index in [2.05, 4.69) is 24.1 Å². The smallest absolute Gasteiger partial charge is 0.412 e. The van der Waals surface area contributed by atoms with Crippen LogP contribution in [0.5, 0.6) is 0 Å². The van der Waals surface area contributed by atoms with Crippen LogP contribution in [0.2, 0.25) is 0 Å². The van der Waals surface area contributed by atoms with Crippen molar-refractivity contribution in [3.8, 4) is 0 Å². The van der Waals surface area contributed by atoms with Gasteiger partial charge in [0.2, 0.25) is 0 Å². The number of nitrogens with zero attached hydrogens (tertiary/aromatic N) is 4. The Morgan fingerprint density at radius 1 is 0.884 bits per heavy atom. The van der Waals surface area contributed by atoms with Crippen LogP contribution in [0.1, 0.15) is 45.7 Å². The van der Waals surface area contributed by atoms with Gasteiger partial charge in [-0.2, -0.15) is 0 Å².